The monoisotopic (exact) mass is 521 g/mol. The summed E-state index contributed by atoms with van der Waals surface area (Å²) in [5.74, 6) is 1.20. The quantitative estimate of drug-likeness (QED) is 0.508. The van der Waals surface area contributed by atoms with E-state index in [-0.39, 0.29) is 10.8 Å². The number of sulfonamides is 1. The number of nitrogens with one attached hydrogen (secondary N) is 1. The van der Waals surface area contributed by atoms with Crippen LogP contribution in [0.4, 0.5) is 10.9 Å². The Hall–Kier alpha value is -2.89. The number of ether oxygens (including phenoxy) is 1. The lowest BCUT2D eigenvalue weighted by Crippen LogP contribution is -2.52. The molecule has 1 aliphatic heterocycles. The Morgan fingerprint density at radius 2 is 1.94 bits per heavy atom. The molecule has 34 heavy (non-hydrogen) atoms. The first-order valence-corrected chi connectivity index (χ1v) is 13.3. The van der Waals surface area contributed by atoms with E-state index in [0.717, 1.165) is 5.56 Å². The summed E-state index contributed by atoms with van der Waals surface area (Å²) in [5, 5.41) is 2.61. The number of aryl methyl sites for hydroxylation is 1. The van der Waals surface area contributed by atoms with Gasteiger partial charge in [0.2, 0.25) is 0 Å². The first kappa shape index (κ1) is 24.2. The van der Waals surface area contributed by atoms with Crippen molar-refractivity contribution in [1.29, 1.82) is 0 Å². The van der Waals surface area contributed by atoms with Gasteiger partial charge in [0.1, 0.15) is 16.5 Å². The molecule has 0 aliphatic carbocycles. The van der Waals surface area contributed by atoms with Crippen LogP contribution in [0.3, 0.4) is 0 Å². The van der Waals surface area contributed by atoms with Gasteiger partial charge >= 0.3 is 0 Å². The standard InChI is InChI=1S/C22H24ClN5O4S2/c1-15-13-17(23)3-5-19(15)32-16(2)21(29)28-10-8-27(9-11-28)20-6-4-18(14-25-20)34(30,31)26-22-24-7-12-33-22/h3-7,12-14,16H,8-11H2,1-2H3,(H,24,26). The second-order valence-electron chi connectivity index (χ2n) is 7.78. The third-order valence-corrected chi connectivity index (χ3v) is 7.77. The molecular weight excluding hydrogens is 498 g/mol. The number of thiazole rings is 1. The second-order valence-corrected chi connectivity index (χ2v) is 10.8. The maximum absolute atomic E-state index is 12.9. The van der Waals surface area contributed by atoms with Crippen molar-refractivity contribution in [2.75, 3.05) is 35.8 Å². The number of benzene rings is 1. The van der Waals surface area contributed by atoms with E-state index in [1.807, 2.05) is 11.8 Å². The number of piperazine rings is 1. The number of pyridine rings is 1. The van der Waals surface area contributed by atoms with Crippen LogP contribution in [0.5, 0.6) is 5.75 Å². The summed E-state index contributed by atoms with van der Waals surface area (Å²) in [6, 6.07) is 8.48. The van der Waals surface area contributed by atoms with Gasteiger partial charge in [0, 0.05) is 49.0 Å². The molecule has 0 saturated carbocycles. The van der Waals surface area contributed by atoms with E-state index in [4.69, 9.17) is 16.3 Å². The minimum absolute atomic E-state index is 0.0590. The van der Waals surface area contributed by atoms with Crippen LogP contribution in [-0.4, -0.2) is 61.5 Å². The minimum atomic E-state index is -3.75. The Morgan fingerprint density at radius 3 is 2.56 bits per heavy atom. The Kier molecular flexibility index (Phi) is 7.24. The molecule has 1 atom stereocenters. The van der Waals surface area contributed by atoms with E-state index in [0.29, 0.717) is 47.9 Å². The molecule has 0 radical (unpaired) electrons. The average molecular weight is 522 g/mol. The highest BCUT2D eigenvalue weighted by molar-refractivity contribution is 7.93. The molecule has 1 unspecified atom stereocenters. The molecule has 2 aromatic heterocycles. The number of hydrogen-bond donors (Lipinski definition) is 1. The molecule has 0 spiro atoms. The highest BCUT2D eigenvalue weighted by atomic mass is 35.5. The van der Waals surface area contributed by atoms with Crippen molar-refractivity contribution in [2.24, 2.45) is 0 Å². The lowest BCUT2D eigenvalue weighted by molar-refractivity contribution is -0.138. The minimum Gasteiger partial charge on any atom is -0.481 e. The fraction of sp³-hybridized carbons (Fsp3) is 0.318. The molecule has 1 aliphatic rings. The summed E-state index contributed by atoms with van der Waals surface area (Å²) in [4.78, 5) is 25.0. The second kappa shape index (κ2) is 10.2. The van der Waals surface area contributed by atoms with Gasteiger partial charge in [0.25, 0.3) is 15.9 Å². The maximum Gasteiger partial charge on any atom is 0.265 e. The molecule has 1 aromatic carbocycles. The molecule has 1 N–H and O–H groups in total. The molecule has 3 heterocycles. The summed E-state index contributed by atoms with van der Waals surface area (Å²) in [6.07, 6.45) is 2.23. The smallest absolute Gasteiger partial charge is 0.265 e. The predicted octanol–water partition coefficient (Wildman–Crippen LogP) is 3.42. The van der Waals surface area contributed by atoms with Crippen LogP contribution in [0, 0.1) is 6.92 Å². The number of anilines is 2. The Bertz CT molecular complexity index is 1240. The zero-order valence-electron chi connectivity index (χ0n) is 18.6. The van der Waals surface area contributed by atoms with Gasteiger partial charge in [-0.05, 0) is 49.7 Å². The summed E-state index contributed by atoms with van der Waals surface area (Å²) in [6.45, 7) is 5.81. The third kappa shape index (κ3) is 5.60. The highest BCUT2D eigenvalue weighted by Gasteiger charge is 2.27. The fourth-order valence-corrected chi connectivity index (χ4v) is 5.52. The van der Waals surface area contributed by atoms with Crippen molar-refractivity contribution in [3.63, 3.8) is 0 Å². The predicted molar refractivity (Wildman–Crippen MR) is 132 cm³/mol. The number of halogens is 1. The molecule has 1 amide bonds. The molecular formula is C22H24ClN5O4S2. The van der Waals surface area contributed by atoms with Crippen LogP contribution in [-0.2, 0) is 14.8 Å². The van der Waals surface area contributed by atoms with Crippen molar-refractivity contribution in [2.45, 2.75) is 24.8 Å². The van der Waals surface area contributed by atoms with Crippen molar-refractivity contribution in [3.8, 4) is 5.75 Å². The Labute approximate surface area is 207 Å². The molecule has 9 nitrogen and oxygen atoms in total. The largest absolute Gasteiger partial charge is 0.481 e. The van der Waals surface area contributed by atoms with E-state index in [1.165, 1.54) is 29.8 Å². The summed E-state index contributed by atoms with van der Waals surface area (Å²) < 4.78 is 33.2. The topological polar surface area (TPSA) is 105 Å². The SMILES string of the molecule is Cc1cc(Cl)ccc1OC(C)C(=O)N1CCN(c2ccc(S(=O)(=O)Nc3nccs3)cn2)CC1. The van der Waals surface area contributed by atoms with E-state index < -0.39 is 16.1 Å². The van der Waals surface area contributed by atoms with Crippen molar-refractivity contribution >= 4 is 49.8 Å². The number of aromatic nitrogens is 2. The number of nitrogens with zero attached hydrogens (tertiary/aromatic N) is 4. The summed E-state index contributed by atoms with van der Waals surface area (Å²) >= 11 is 7.19. The van der Waals surface area contributed by atoms with E-state index in [9.17, 15) is 13.2 Å². The molecule has 4 rings (SSSR count). The number of hydrogen-bond acceptors (Lipinski definition) is 8. The molecule has 1 fully saturated rings. The van der Waals surface area contributed by atoms with Crippen molar-refractivity contribution < 1.29 is 17.9 Å². The van der Waals surface area contributed by atoms with Gasteiger partial charge in [-0.15, -0.1) is 11.3 Å². The van der Waals surface area contributed by atoms with Gasteiger partial charge in [-0.3, -0.25) is 9.52 Å². The zero-order valence-corrected chi connectivity index (χ0v) is 21.0. The van der Waals surface area contributed by atoms with Gasteiger partial charge in [0.15, 0.2) is 11.2 Å². The molecule has 0 bridgehead atoms. The van der Waals surface area contributed by atoms with Crippen LogP contribution in [0.1, 0.15) is 12.5 Å². The van der Waals surface area contributed by atoms with Gasteiger partial charge in [-0.2, -0.15) is 0 Å². The molecule has 3 aromatic rings. The van der Waals surface area contributed by atoms with E-state index >= 15 is 0 Å². The van der Waals surface area contributed by atoms with E-state index in [1.54, 1.807) is 41.5 Å². The normalized spacial score (nSPS) is 15.1. The fourth-order valence-electron chi connectivity index (χ4n) is 3.57. The van der Waals surface area contributed by atoms with Gasteiger partial charge in [-0.1, -0.05) is 11.6 Å². The number of amides is 1. The van der Waals surface area contributed by atoms with Gasteiger partial charge < -0.3 is 14.5 Å². The van der Waals surface area contributed by atoms with Gasteiger partial charge in [-0.25, -0.2) is 18.4 Å². The molecule has 1 saturated heterocycles. The van der Waals surface area contributed by atoms with E-state index in [2.05, 4.69) is 14.7 Å². The number of carbonyl (C=O) groups is 1. The van der Waals surface area contributed by atoms with Crippen LogP contribution < -0.4 is 14.4 Å². The summed E-state index contributed by atoms with van der Waals surface area (Å²) in [5.41, 5.74) is 0.871. The van der Waals surface area contributed by atoms with Crippen molar-refractivity contribution in [1.82, 2.24) is 14.9 Å². The Morgan fingerprint density at radius 1 is 1.18 bits per heavy atom. The molecule has 12 heteroatoms. The Balaban J connectivity index is 1.33. The molecule has 180 valence electrons. The van der Waals surface area contributed by atoms with Crippen LogP contribution >= 0.6 is 22.9 Å². The first-order chi connectivity index (χ1) is 16.2. The van der Waals surface area contributed by atoms with Gasteiger partial charge in [0.05, 0.1) is 0 Å². The first-order valence-electron chi connectivity index (χ1n) is 10.6. The average Bonchev–Trinajstić information content (AvgIpc) is 3.33. The number of rotatable bonds is 7. The lowest BCUT2D eigenvalue weighted by atomic mass is 10.2. The van der Waals surface area contributed by atoms with Crippen LogP contribution in [0.2, 0.25) is 5.02 Å². The third-order valence-electron chi connectivity index (χ3n) is 5.39. The lowest BCUT2D eigenvalue weighted by Gasteiger charge is -2.36. The zero-order chi connectivity index (χ0) is 24.3. The highest BCUT2D eigenvalue weighted by Crippen LogP contribution is 2.24. The van der Waals surface area contributed by atoms with Crippen LogP contribution in [0.25, 0.3) is 0 Å². The maximum atomic E-state index is 12.9. The van der Waals surface area contributed by atoms with Crippen LogP contribution in [0.15, 0.2) is 53.0 Å². The summed E-state index contributed by atoms with van der Waals surface area (Å²) in [7, 11) is -3.75. The number of carbonyl (C=O) groups excluding carboxylic acids is 1. The van der Waals surface area contributed by atoms with Crippen molar-refractivity contribution in [3.05, 3.63) is 58.7 Å².